The third-order valence-electron chi connectivity index (χ3n) is 6.58. The lowest BCUT2D eigenvalue weighted by Crippen LogP contribution is -2.32. The van der Waals surface area contributed by atoms with Crippen molar-refractivity contribution in [1.82, 2.24) is 20.6 Å². The molecule has 0 bridgehead atoms. The maximum absolute atomic E-state index is 12.6. The van der Waals surface area contributed by atoms with Gasteiger partial charge in [-0.2, -0.15) is 0 Å². The van der Waals surface area contributed by atoms with E-state index in [2.05, 4.69) is 20.6 Å². The molecule has 0 atom stereocenters. The number of hydrogen-bond donors (Lipinski definition) is 2. The van der Waals surface area contributed by atoms with Gasteiger partial charge in [-0.05, 0) is 45.0 Å². The molecular weight excluding hydrogens is 625 g/mol. The number of benzene rings is 2. The first-order chi connectivity index (χ1) is 21.4. The highest BCUT2D eigenvalue weighted by Crippen LogP contribution is 2.42. The van der Waals surface area contributed by atoms with Gasteiger partial charge in [0.1, 0.15) is 11.4 Å². The number of rotatable bonds is 11. The molecule has 45 heavy (non-hydrogen) atoms. The molecule has 8 nitrogen and oxygen atoms in total. The van der Waals surface area contributed by atoms with Gasteiger partial charge < -0.3 is 24.8 Å². The molecular formula is C33H34Cl2F2N4O4. The maximum Gasteiger partial charge on any atom is 0.407 e. The van der Waals surface area contributed by atoms with Crippen LogP contribution in [0.5, 0.6) is 11.6 Å². The number of halogens is 4. The lowest BCUT2D eigenvalue weighted by Gasteiger charge is -2.20. The summed E-state index contributed by atoms with van der Waals surface area (Å²) in [5, 5.41) is 6.21. The molecule has 4 aromatic rings. The Balaban J connectivity index is 1.63. The van der Waals surface area contributed by atoms with Crippen LogP contribution >= 0.6 is 23.2 Å². The van der Waals surface area contributed by atoms with E-state index < -0.39 is 24.7 Å². The van der Waals surface area contributed by atoms with E-state index in [9.17, 15) is 13.6 Å². The van der Waals surface area contributed by atoms with Gasteiger partial charge in [0.2, 0.25) is 5.88 Å². The van der Waals surface area contributed by atoms with E-state index in [0.717, 1.165) is 5.56 Å². The Labute approximate surface area is 271 Å². The molecule has 2 aromatic heterocycles. The summed E-state index contributed by atoms with van der Waals surface area (Å²) in [7, 11) is 3.01. The molecule has 238 valence electrons. The highest BCUT2D eigenvalue weighted by Gasteiger charge is 2.20. The molecule has 2 N–H and O–H groups in total. The Morgan fingerprint density at radius 1 is 0.911 bits per heavy atom. The Bertz CT molecular complexity index is 1660. The number of nitrogens with one attached hydrogen (secondary N) is 2. The first kappa shape index (κ1) is 33.9. The zero-order chi connectivity index (χ0) is 32.7. The van der Waals surface area contributed by atoms with Crippen molar-refractivity contribution in [2.75, 3.05) is 20.8 Å². The fraction of sp³-hybridized carbons (Fsp3) is 0.303. The number of ether oxygens (including phenoxy) is 3. The van der Waals surface area contributed by atoms with Gasteiger partial charge in [-0.3, -0.25) is 4.98 Å². The number of carbonyl (C=O) groups is 1. The first-order valence-corrected chi connectivity index (χ1v) is 14.8. The van der Waals surface area contributed by atoms with Crippen LogP contribution in [-0.2, 0) is 17.8 Å². The zero-order valence-electron chi connectivity index (χ0n) is 25.5. The van der Waals surface area contributed by atoms with Crippen LogP contribution in [0.1, 0.15) is 31.9 Å². The molecule has 0 aliphatic rings. The molecule has 4 rings (SSSR count). The number of nitrogens with zero attached hydrogens (tertiary/aromatic N) is 2. The number of alkyl halides is 2. The van der Waals surface area contributed by atoms with E-state index in [1.807, 2.05) is 24.3 Å². The molecule has 0 radical (unpaired) electrons. The monoisotopic (exact) mass is 658 g/mol. The van der Waals surface area contributed by atoms with Crippen LogP contribution in [-0.4, -0.2) is 48.9 Å². The van der Waals surface area contributed by atoms with Crippen molar-refractivity contribution in [3.8, 4) is 45.3 Å². The number of hydrogen-bond acceptors (Lipinski definition) is 7. The zero-order valence-corrected chi connectivity index (χ0v) is 27.0. The molecule has 1 amide bonds. The third kappa shape index (κ3) is 8.59. The van der Waals surface area contributed by atoms with Gasteiger partial charge in [0.15, 0.2) is 0 Å². The third-order valence-corrected chi connectivity index (χ3v) is 7.37. The normalized spacial score (nSPS) is 11.4. The molecule has 0 spiro atoms. The summed E-state index contributed by atoms with van der Waals surface area (Å²) in [5.41, 5.74) is 4.48. The van der Waals surface area contributed by atoms with Crippen LogP contribution in [0.15, 0.2) is 60.8 Å². The number of aromatic nitrogens is 2. The van der Waals surface area contributed by atoms with E-state index >= 15 is 0 Å². The van der Waals surface area contributed by atoms with Gasteiger partial charge in [0.05, 0.1) is 48.7 Å². The van der Waals surface area contributed by atoms with Crippen molar-refractivity contribution < 1.29 is 27.8 Å². The van der Waals surface area contributed by atoms with Crippen LogP contribution < -0.4 is 20.1 Å². The van der Waals surface area contributed by atoms with E-state index in [4.69, 9.17) is 37.4 Å². The molecule has 0 fully saturated rings. The summed E-state index contributed by atoms with van der Waals surface area (Å²) in [4.78, 5) is 21.3. The quantitative estimate of drug-likeness (QED) is 0.168. The van der Waals surface area contributed by atoms with Crippen molar-refractivity contribution in [2.45, 2.75) is 45.9 Å². The average Bonchev–Trinajstić information content (AvgIpc) is 2.99. The number of pyridine rings is 2. The number of methoxy groups -OCH3 is 2. The lowest BCUT2D eigenvalue weighted by atomic mass is 9.99. The highest BCUT2D eigenvalue weighted by molar-refractivity contribution is 6.39. The van der Waals surface area contributed by atoms with Gasteiger partial charge in [-0.1, -0.05) is 53.5 Å². The highest BCUT2D eigenvalue weighted by atomic mass is 35.5. The fourth-order valence-corrected chi connectivity index (χ4v) is 5.20. The van der Waals surface area contributed by atoms with Gasteiger partial charge in [0, 0.05) is 46.1 Å². The van der Waals surface area contributed by atoms with Crippen LogP contribution in [0.4, 0.5) is 13.6 Å². The molecule has 0 saturated carbocycles. The van der Waals surface area contributed by atoms with Crippen molar-refractivity contribution >= 4 is 29.3 Å². The second-order valence-corrected chi connectivity index (χ2v) is 11.7. The Morgan fingerprint density at radius 3 is 2.31 bits per heavy atom. The van der Waals surface area contributed by atoms with Crippen molar-refractivity contribution in [2.24, 2.45) is 0 Å². The molecule has 0 unspecified atom stereocenters. The summed E-state index contributed by atoms with van der Waals surface area (Å²) in [6.07, 6.45) is -1.36. The van der Waals surface area contributed by atoms with E-state index in [0.29, 0.717) is 60.9 Å². The minimum absolute atomic E-state index is 0.159. The van der Waals surface area contributed by atoms with E-state index in [-0.39, 0.29) is 13.1 Å². The van der Waals surface area contributed by atoms with Crippen molar-refractivity contribution in [1.29, 1.82) is 0 Å². The van der Waals surface area contributed by atoms with Crippen LogP contribution in [0, 0.1) is 0 Å². The summed E-state index contributed by atoms with van der Waals surface area (Å²) in [6, 6.07) is 16.3. The molecule has 0 saturated heterocycles. The number of alkyl carbamates (subject to hydrolysis) is 1. The van der Waals surface area contributed by atoms with Gasteiger partial charge in [-0.15, -0.1) is 0 Å². The number of amides is 1. The minimum atomic E-state index is -2.45. The standard InChI is InChI=1S/C33H34Cl2F2N4O4/c1-33(2,3)45-32(42)40-17-21-11-12-25(41-31(21)44-5)24-8-6-7-22(28(24)34)23-13-14-39-30(29(23)35)19-9-10-20(26(15-19)43-4)16-38-18-27(36)37/h6-15,27,38H,16-18H2,1-5H3,(H,40,42). The summed E-state index contributed by atoms with van der Waals surface area (Å²) in [5.74, 6) is 0.846. The summed E-state index contributed by atoms with van der Waals surface area (Å²) < 4.78 is 41.5. The average molecular weight is 660 g/mol. The second-order valence-electron chi connectivity index (χ2n) is 11.0. The number of carbonyl (C=O) groups excluding carboxylic acids is 1. The Kier molecular flexibility index (Phi) is 11.2. The topological polar surface area (TPSA) is 94.6 Å². The fourth-order valence-electron chi connectivity index (χ4n) is 4.56. The minimum Gasteiger partial charge on any atom is -0.496 e. The smallest absolute Gasteiger partial charge is 0.407 e. The van der Waals surface area contributed by atoms with Crippen molar-refractivity contribution in [3.05, 3.63) is 82.0 Å². The van der Waals surface area contributed by atoms with Crippen LogP contribution in [0.2, 0.25) is 10.0 Å². The van der Waals surface area contributed by atoms with Crippen molar-refractivity contribution in [3.63, 3.8) is 0 Å². The van der Waals surface area contributed by atoms with E-state index in [1.165, 1.54) is 14.2 Å². The van der Waals surface area contributed by atoms with Gasteiger partial charge in [0.25, 0.3) is 6.43 Å². The first-order valence-electron chi connectivity index (χ1n) is 14.0. The molecule has 0 aliphatic heterocycles. The Hall–Kier alpha value is -3.99. The van der Waals surface area contributed by atoms with Gasteiger partial charge >= 0.3 is 6.09 Å². The van der Waals surface area contributed by atoms with E-state index in [1.54, 1.807) is 57.3 Å². The van der Waals surface area contributed by atoms with Crippen LogP contribution in [0.3, 0.4) is 0 Å². The summed E-state index contributed by atoms with van der Waals surface area (Å²) >= 11 is 13.9. The van der Waals surface area contributed by atoms with Gasteiger partial charge in [-0.25, -0.2) is 18.6 Å². The SMILES string of the molecule is COc1cc(-c2nccc(-c3cccc(-c4ccc(CNC(=O)OC(C)(C)C)c(OC)n4)c3Cl)c2Cl)ccc1CNCC(F)F. The largest absolute Gasteiger partial charge is 0.496 e. The van der Waals surface area contributed by atoms with Crippen LogP contribution in [0.25, 0.3) is 33.6 Å². The second kappa shape index (κ2) is 14.9. The lowest BCUT2D eigenvalue weighted by molar-refractivity contribution is 0.0523. The predicted octanol–water partition coefficient (Wildman–Crippen LogP) is 8.18. The summed E-state index contributed by atoms with van der Waals surface area (Å²) in [6.45, 7) is 5.33. The molecule has 12 heteroatoms. The molecule has 2 heterocycles. The molecule has 2 aromatic carbocycles. The predicted molar refractivity (Wildman–Crippen MR) is 172 cm³/mol. The Morgan fingerprint density at radius 2 is 1.62 bits per heavy atom. The maximum atomic E-state index is 12.6. The molecule has 0 aliphatic carbocycles.